The van der Waals surface area contributed by atoms with Gasteiger partial charge in [-0.3, -0.25) is 0 Å². The number of hydrogen-bond acceptors (Lipinski definition) is 3. The molecule has 2 aromatic heterocycles. The lowest BCUT2D eigenvalue weighted by molar-refractivity contribution is 0.635. The SMILES string of the molecule is Cc1ccnc(N(C)CCCn2ccnc2)c1. The van der Waals surface area contributed by atoms with Gasteiger partial charge in [0.15, 0.2) is 0 Å². The average molecular weight is 230 g/mol. The van der Waals surface area contributed by atoms with Crippen LogP contribution in [0.2, 0.25) is 0 Å². The fraction of sp³-hybridized carbons (Fsp3) is 0.385. The smallest absolute Gasteiger partial charge is 0.128 e. The molecule has 0 unspecified atom stereocenters. The van der Waals surface area contributed by atoms with E-state index in [1.807, 2.05) is 31.0 Å². The third-order valence-electron chi connectivity index (χ3n) is 2.76. The molecule has 90 valence electrons. The van der Waals surface area contributed by atoms with Crippen molar-refractivity contribution in [1.29, 1.82) is 0 Å². The van der Waals surface area contributed by atoms with Crippen LogP contribution in [0.4, 0.5) is 5.82 Å². The van der Waals surface area contributed by atoms with Crippen LogP contribution in [0, 0.1) is 6.92 Å². The molecule has 0 amide bonds. The first-order valence-corrected chi connectivity index (χ1v) is 5.85. The van der Waals surface area contributed by atoms with Gasteiger partial charge in [-0.2, -0.15) is 0 Å². The van der Waals surface area contributed by atoms with E-state index >= 15 is 0 Å². The van der Waals surface area contributed by atoms with Crippen LogP contribution in [0.25, 0.3) is 0 Å². The summed E-state index contributed by atoms with van der Waals surface area (Å²) in [4.78, 5) is 10.6. The summed E-state index contributed by atoms with van der Waals surface area (Å²) in [7, 11) is 2.08. The van der Waals surface area contributed by atoms with E-state index in [1.54, 1.807) is 0 Å². The molecule has 0 N–H and O–H groups in total. The van der Waals surface area contributed by atoms with E-state index in [1.165, 1.54) is 5.56 Å². The van der Waals surface area contributed by atoms with Crippen molar-refractivity contribution in [2.24, 2.45) is 0 Å². The zero-order valence-electron chi connectivity index (χ0n) is 10.4. The molecule has 0 atom stereocenters. The lowest BCUT2D eigenvalue weighted by Gasteiger charge is -2.18. The van der Waals surface area contributed by atoms with Gasteiger partial charge in [0.1, 0.15) is 5.82 Å². The van der Waals surface area contributed by atoms with E-state index in [4.69, 9.17) is 0 Å². The molecule has 0 bridgehead atoms. The second-order valence-corrected chi connectivity index (χ2v) is 4.27. The summed E-state index contributed by atoms with van der Waals surface area (Å²) in [5, 5.41) is 0. The topological polar surface area (TPSA) is 34.0 Å². The van der Waals surface area contributed by atoms with Gasteiger partial charge < -0.3 is 9.47 Å². The second-order valence-electron chi connectivity index (χ2n) is 4.27. The summed E-state index contributed by atoms with van der Waals surface area (Å²) in [6.07, 6.45) is 8.60. The summed E-state index contributed by atoms with van der Waals surface area (Å²) in [5.41, 5.74) is 1.25. The molecule has 2 aromatic rings. The number of anilines is 1. The molecule has 0 fully saturated rings. The number of pyridine rings is 1. The molecule has 0 aliphatic rings. The highest BCUT2D eigenvalue weighted by Crippen LogP contribution is 2.10. The first-order chi connectivity index (χ1) is 8.25. The molecule has 2 heterocycles. The highest BCUT2D eigenvalue weighted by molar-refractivity contribution is 5.39. The molecular formula is C13H18N4. The zero-order chi connectivity index (χ0) is 12.1. The van der Waals surface area contributed by atoms with Crippen LogP contribution in [-0.4, -0.2) is 28.1 Å². The van der Waals surface area contributed by atoms with Crippen molar-refractivity contribution >= 4 is 5.82 Å². The molecule has 4 nitrogen and oxygen atoms in total. The first-order valence-electron chi connectivity index (χ1n) is 5.85. The van der Waals surface area contributed by atoms with Crippen LogP contribution in [0.3, 0.4) is 0 Å². The van der Waals surface area contributed by atoms with E-state index in [-0.39, 0.29) is 0 Å². The van der Waals surface area contributed by atoms with Gasteiger partial charge >= 0.3 is 0 Å². The maximum atomic E-state index is 4.36. The lowest BCUT2D eigenvalue weighted by atomic mass is 10.3. The van der Waals surface area contributed by atoms with Crippen molar-refractivity contribution in [3.05, 3.63) is 42.6 Å². The minimum absolute atomic E-state index is 0.995. The predicted octanol–water partition coefficient (Wildman–Crippen LogP) is 2.11. The van der Waals surface area contributed by atoms with Gasteiger partial charge in [-0.15, -0.1) is 0 Å². The van der Waals surface area contributed by atoms with E-state index in [0.29, 0.717) is 0 Å². The van der Waals surface area contributed by atoms with Crippen LogP contribution in [0.5, 0.6) is 0 Å². The summed E-state index contributed by atoms with van der Waals surface area (Å²) >= 11 is 0. The van der Waals surface area contributed by atoms with Gasteiger partial charge in [0.2, 0.25) is 0 Å². The third-order valence-corrected chi connectivity index (χ3v) is 2.76. The van der Waals surface area contributed by atoms with Gasteiger partial charge in [-0.05, 0) is 31.0 Å². The van der Waals surface area contributed by atoms with Gasteiger partial charge in [-0.1, -0.05) is 0 Å². The van der Waals surface area contributed by atoms with E-state index in [0.717, 1.165) is 25.3 Å². The maximum absolute atomic E-state index is 4.36. The predicted molar refractivity (Wildman–Crippen MR) is 69.1 cm³/mol. The molecule has 0 aromatic carbocycles. The minimum Gasteiger partial charge on any atom is -0.360 e. The third kappa shape index (κ3) is 3.31. The van der Waals surface area contributed by atoms with Crippen LogP contribution in [-0.2, 0) is 6.54 Å². The highest BCUT2D eigenvalue weighted by atomic mass is 15.2. The molecule has 17 heavy (non-hydrogen) atoms. The molecule has 0 aliphatic heterocycles. The summed E-state index contributed by atoms with van der Waals surface area (Å²) < 4.78 is 2.09. The molecule has 0 spiro atoms. The van der Waals surface area contributed by atoms with Gasteiger partial charge in [-0.25, -0.2) is 9.97 Å². The van der Waals surface area contributed by atoms with Gasteiger partial charge in [0.25, 0.3) is 0 Å². The Morgan fingerprint density at radius 2 is 2.24 bits per heavy atom. The summed E-state index contributed by atoms with van der Waals surface area (Å²) in [5.74, 6) is 1.04. The molecule has 0 saturated carbocycles. The monoisotopic (exact) mass is 230 g/mol. The number of aromatic nitrogens is 3. The quantitative estimate of drug-likeness (QED) is 0.789. The van der Waals surface area contributed by atoms with Crippen molar-refractivity contribution in [1.82, 2.24) is 14.5 Å². The Morgan fingerprint density at radius 3 is 2.94 bits per heavy atom. The summed E-state index contributed by atoms with van der Waals surface area (Å²) in [6.45, 7) is 4.08. The molecule has 2 rings (SSSR count). The average Bonchev–Trinajstić information content (AvgIpc) is 2.82. The zero-order valence-corrected chi connectivity index (χ0v) is 10.4. The Bertz CT molecular complexity index is 450. The fourth-order valence-electron chi connectivity index (χ4n) is 1.75. The molecule has 0 saturated heterocycles. The van der Waals surface area contributed by atoms with Crippen LogP contribution >= 0.6 is 0 Å². The Kier molecular flexibility index (Phi) is 3.75. The van der Waals surface area contributed by atoms with Crippen molar-refractivity contribution in [2.45, 2.75) is 19.9 Å². The van der Waals surface area contributed by atoms with Crippen molar-refractivity contribution in [2.75, 3.05) is 18.5 Å². The Labute approximate surface area is 102 Å². The van der Waals surface area contributed by atoms with Crippen molar-refractivity contribution in [3.63, 3.8) is 0 Å². The molecule has 0 radical (unpaired) electrons. The number of aryl methyl sites for hydroxylation is 2. The molecule has 4 heteroatoms. The first kappa shape index (κ1) is 11.6. The van der Waals surface area contributed by atoms with Gasteiger partial charge in [0, 0.05) is 38.7 Å². The highest BCUT2D eigenvalue weighted by Gasteiger charge is 2.01. The minimum atomic E-state index is 0.995. The Morgan fingerprint density at radius 1 is 1.35 bits per heavy atom. The second kappa shape index (κ2) is 5.48. The standard InChI is InChI=1S/C13H18N4/c1-12-4-5-15-13(10-12)16(2)7-3-8-17-9-6-14-11-17/h4-6,9-11H,3,7-8H2,1-2H3. The fourth-order valence-corrected chi connectivity index (χ4v) is 1.75. The van der Waals surface area contributed by atoms with Crippen LogP contribution in [0.15, 0.2) is 37.1 Å². The Hall–Kier alpha value is -1.84. The maximum Gasteiger partial charge on any atom is 0.128 e. The van der Waals surface area contributed by atoms with E-state index in [9.17, 15) is 0 Å². The number of nitrogens with zero attached hydrogens (tertiary/aromatic N) is 4. The summed E-state index contributed by atoms with van der Waals surface area (Å²) in [6, 6.07) is 4.13. The number of hydrogen-bond donors (Lipinski definition) is 0. The largest absolute Gasteiger partial charge is 0.360 e. The number of imidazole rings is 1. The van der Waals surface area contributed by atoms with Gasteiger partial charge in [0.05, 0.1) is 6.33 Å². The Balaban J connectivity index is 1.83. The van der Waals surface area contributed by atoms with E-state index in [2.05, 4.69) is 39.5 Å². The normalized spacial score (nSPS) is 10.5. The van der Waals surface area contributed by atoms with Crippen LogP contribution < -0.4 is 4.90 Å². The molecule has 0 aliphatic carbocycles. The molecular weight excluding hydrogens is 212 g/mol. The van der Waals surface area contributed by atoms with E-state index < -0.39 is 0 Å². The van der Waals surface area contributed by atoms with Crippen molar-refractivity contribution < 1.29 is 0 Å². The number of rotatable bonds is 5. The van der Waals surface area contributed by atoms with Crippen molar-refractivity contribution in [3.8, 4) is 0 Å². The van der Waals surface area contributed by atoms with Crippen LogP contribution in [0.1, 0.15) is 12.0 Å². The lowest BCUT2D eigenvalue weighted by Crippen LogP contribution is -2.20.